The van der Waals surface area contributed by atoms with Crippen LogP contribution in [0.5, 0.6) is 0 Å². The minimum Gasteiger partial charge on any atom is -0.465 e. The monoisotopic (exact) mass is 336 g/mol. The maximum Gasteiger partial charge on any atom is 0.118 e. The number of benzene rings is 1. The zero-order valence-corrected chi connectivity index (χ0v) is 13.8. The molecule has 0 saturated heterocycles. The minimum absolute atomic E-state index is 0.773. The van der Waals surface area contributed by atoms with Crippen molar-refractivity contribution in [3.05, 3.63) is 57.5 Å². The van der Waals surface area contributed by atoms with Crippen LogP contribution in [0, 0.1) is 6.92 Å². The number of aryl methyl sites for hydroxylation is 1. The molecule has 0 bridgehead atoms. The van der Waals surface area contributed by atoms with E-state index < -0.39 is 0 Å². The summed E-state index contributed by atoms with van der Waals surface area (Å²) in [4.78, 5) is 2.29. The van der Waals surface area contributed by atoms with Crippen molar-refractivity contribution >= 4 is 15.9 Å². The van der Waals surface area contributed by atoms with Crippen molar-refractivity contribution in [2.75, 3.05) is 14.1 Å². The average Bonchev–Trinajstić information content (AvgIpc) is 2.73. The van der Waals surface area contributed by atoms with E-state index >= 15 is 0 Å². The van der Waals surface area contributed by atoms with E-state index in [4.69, 9.17) is 4.42 Å². The lowest BCUT2D eigenvalue weighted by Gasteiger charge is -2.17. The largest absolute Gasteiger partial charge is 0.465 e. The Morgan fingerprint density at radius 2 is 1.90 bits per heavy atom. The summed E-state index contributed by atoms with van der Waals surface area (Å²) in [6, 6.07) is 10.5. The molecule has 1 aromatic carbocycles. The first-order valence-corrected chi connectivity index (χ1v) is 7.54. The van der Waals surface area contributed by atoms with Gasteiger partial charge in [-0.2, -0.15) is 0 Å². The first-order chi connectivity index (χ1) is 9.60. The fraction of sp³-hybridized carbons (Fsp3) is 0.375. The summed E-state index contributed by atoms with van der Waals surface area (Å²) in [7, 11) is 4.06. The van der Waals surface area contributed by atoms with Gasteiger partial charge in [0.05, 0.1) is 6.54 Å². The molecule has 2 aromatic rings. The number of rotatable bonds is 6. The zero-order valence-electron chi connectivity index (χ0n) is 12.2. The fourth-order valence-electron chi connectivity index (χ4n) is 2.27. The summed E-state index contributed by atoms with van der Waals surface area (Å²) in [5, 5.41) is 3.11. The van der Waals surface area contributed by atoms with E-state index in [1.807, 2.05) is 20.0 Å². The van der Waals surface area contributed by atoms with Gasteiger partial charge in [0.15, 0.2) is 0 Å². The van der Waals surface area contributed by atoms with Crippen molar-refractivity contribution in [1.82, 2.24) is 10.2 Å². The maximum atomic E-state index is 5.73. The third-order valence-electron chi connectivity index (χ3n) is 3.26. The molecule has 0 radical (unpaired) electrons. The van der Waals surface area contributed by atoms with Gasteiger partial charge in [-0.3, -0.25) is 4.90 Å². The second-order valence-electron chi connectivity index (χ2n) is 5.09. The summed E-state index contributed by atoms with van der Waals surface area (Å²) in [6.07, 6.45) is 0. The predicted octanol–water partition coefficient (Wildman–Crippen LogP) is 3.70. The van der Waals surface area contributed by atoms with Crippen LogP contribution in [-0.2, 0) is 19.6 Å². The van der Waals surface area contributed by atoms with E-state index in [1.165, 1.54) is 11.1 Å². The van der Waals surface area contributed by atoms with Crippen LogP contribution in [0.25, 0.3) is 0 Å². The van der Waals surface area contributed by atoms with E-state index in [1.54, 1.807) is 0 Å². The lowest BCUT2D eigenvalue weighted by molar-refractivity contribution is 0.315. The van der Waals surface area contributed by atoms with Crippen LogP contribution in [0.15, 0.2) is 39.2 Å². The summed E-state index contributed by atoms with van der Waals surface area (Å²) in [6.45, 7) is 4.60. The summed E-state index contributed by atoms with van der Waals surface area (Å²) >= 11 is 3.60. The molecule has 0 aliphatic heterocycles. The van der Waals surface area contributed by atoms with Crippen molar-refractivity contribution < 1.29 is 4.42 Å². The first-order valence-electron chi connectivity index (χ1n) is 6.75. The molecule has 3 nitrogen and oxygen atoms in total. The van der Waals surface area contributed by atoms with Crippen molar-refractivity contribution in [3.8, 4) is 0 Å². The number of nitrogens with zero attached hydrogens (tertiary/aromatic N) is 1. The van der Waals surface area contributed by atoms with Gasteiger partial charge in [-0.1, -0.05) is 34.1 Å². The van der Waals surface area contributed by atoms with Gasteiger partial charge in [0.2, 0.25) is 0 Å². The van der Waals surface area contributed by atoms with E-state index in [0.717, 1.165) is 35.6 Å². The Bertz CT molecular complexity index is 565. The fourth-order valence-corrected chi connectivity index (χ4v) is 2.68. The van der Waals surface area contributed by atoms with Gasteiger partial charge < -0.3 is 9.73 Å². The number of furan rings is 1. The highest BCUT2D eigenvalue weighted by atomic mass is 79.9. The molecule has 0 amide bonds. The Morgan fingerprint density at radius 3 is 2.60 bits per heavy atom. The Kier molecular flexibility index (Phi) is 5.40. The van der Waals surface area contributed by atoms with Crippen molar-refractivity contribution in [1.29, 1.82) is 0 Å². The Morgan fingerprint density at radius 1 is 1.20 bits per heavy atom. The van der Waals surface area contributed by atoms with Gasteiger partial charge in [0.25, 0.3) is 0 Å². The highest BCUT2D eigenvalue weighted by Crippen LogP contribution is 2.20. The van der Waals surface area contributed by atoms with Gasteiger partial charge >= 0.3 is 0 Å². The average molecular weight is 337 g/mol. The van der Waals surface area contributed by atoms with Crippen molar-refractivity contribution in [2.45, 2.75) is 26.6 Å². The molecule has 0 saturated carbocycles. The number of hydrogen-bond donors (Lipinski definition) is 1. The number of nitrogens with one attached hydrogen (secondary N) is 1. The van der Waals surface area contributed by atoms with Crippen LogP contribution in [0.4, 0.5) is 0 Å². The molecule has 0 spiro atoms. The lowest BCUT2D eigenvalue weighted by atomic mass is 10.2. The van der Waals surface area contributed by atoms with Gasteiger partial charge in [0.1, 0.15) is 11.5 Å². The van der Waals surface area contributed by atoms with Gasteiger partial charge in [-0.25, -0.2) is 0 Å². The molecule has 4 heteroatoms. The molecule has 0 fully saturated rings. The molecule has 0 aliphatic rings. The minimum atomic E-state index is 0.773. The third kappa shape index (κ3) is 3.95. The smallest absolute Gasteiger partial charge is 0.118 e. The molecule has 108 valence electrons. The number of halogens is 1. The second-order valence-corrected chi connectivity index (χ2v) is 5.94. The SMILES string of the molecule is CNCc1cc(CN(C)Cc2ccccc2Br)c(C)o1. The molecule has 1 heterocycles. The molecule has 20 heavy (non-hydrogen) atoms. The maximum absolute atomic E-state index is 5.73. The second kappa shape index (κ2) is 7.07. The molecular formula is C16H21BrN2O. The van der Waals surface area contributed by atoms with Gasteiger partial charge in [0, 0.05) is 23.1 Å². The first kappa shape index (κ1) is 15.3. The van der Waals surface area contributed by atoms with Crippen LogP contribution < -0.4 is 5.32 Å². The lowest BCUT2D eigenvalue weighted by Crippen LogP contribution is -2.17. The molecule has 0 aliphatic carbocycles. The van der Waals surface area contributed by atoms with Crippen LogP contribution in [-0.4, -0.2) is 19.0 Å². The quantitative estimate of drug-likeness (QED) is 0.871. The number of hydrogen-bond acceptors (Lipinski definition) is 3. The van der Waals surface area contributed by atoms with Gasteiger partial charge in [-0.05, 0) is 38.7 Å². The molecular weight excluding hydrogens is 316 g/mol. The molecule has 1 N–H and O–H groups in total. The van der Waals surface area contributed by atoms with Crippen LogP contribution in [0.1, 0.15) is 22.6 Å². The molecule has 1 aromatic heterocycles. The van der Waals surface area contributed by atoms with Crippen LogP contribution >= 0.6 is 15.9 Å². The predicted molar refractivity (Wildman–Crippen MR) is 85.5 cm³/mol. The van der Waals surface area contributed by atoms with Crippen LogP contribution in [0.2, 0.25) is 0 Å². The zero-order chi connectivity index (χ0) is 14.5. The van der Waals surface area contributed by atoms with Gasteiger partial charge in [-0.15, -0.1) is 0 Å². The molecule has 0 atom stereocenters. The van der Waals surface area contributed by atoms with E-state index in [0.29, 0.717) is 0 Å². The highest BCUT2D eigenvalue weighted by Gasteiger charge is 2.10. The molecule has 0 unspecified atom stereocenters. The molecule has 2 rings (SSSR count). The Labute approximate surface area is 129 Å². The van der Waals surface area contributed by atoms with E-state index in [9.17, 15) is 0 Å². The van der Waals surface area contributed by atoms with Crippen molar-refractivity contribution in [3.63, 3.8) is 0 Å². The Hall–Kier alpha value is -1.10. The third-order valence-corrected chi connectivity index (χ3v) is 4.03. The normalized spacial score (nSPS) is 11.2. The van der Waals surface area contributed by atoms with Crippen LogP contribution in [0.3, 0.4) is 0 Å². The standard InChI is InChI=1S/C16H21BrN2O/c1-12-14(8-15(20-12)9-18-2)11-19(3)10-13-6-4-5-7-16(13)17/h4-8,18H,9-11H2,1-3H3. The van der Waals surface area contributed by atoms with Crippen molar-refractivity contribution in [2.24, 2.45) is 0 Å². The Balaban J connectivity index is 2.01. The summed E-state index contributed by atoms with van der Waals surface area (Å²) in [5.41, 5.74) is 2.55. The summed E-state index contributed by atoms with van der Waals surface area (Å²) in [5.74, 6) is 2.00. The van der Waals surface area contributed by atoms with E-state index in [-0.39, 0.29) is 0 Å². The highest BCUT2D eigenvalue weighted by molar-refractivity contribution is 9.10. The van der Waals surface area contributed by atoms with E-state index in [2.05, 4.69) is 57.5 Å². The summed E-state index contributed by atoms with van der Waals surface area (Å²) < 4.78 is 6.89. The topological polar surface area (TPSA) is 28.4 Å².